The van der Waals surface area contributed by atoms with Gasteiger partial charge in [-0.2, -0.15) is 0 Å². The Balaban J connectivity index is 3.00. The monoisotopic (exact) mass is 243 g/mol. The summed E-state index contributed by atoms with van der Waals surface area (Å²) >= 11 is 5.54. The largest absolute Gasteiger partial charge is 0.421 e. The van der Waals surface area contributed by atoms with Crippen LogP contribution in [0.25, 0.3) is 0 Å². The zero-order valence-electron chi connectivity index (χ0n) is 8.10. The molecule has 0 aliphatic rings. The van der Waals surface area contributed by atoms with Gasteiger partial charge in [0.05, 0.1) is 11.0 Å². The van der Waals surface area contributed by atoms with E-state index in [0.717, 1.165) is 13.0 Å². The molecule has 16 heavy (non-hydrogen) atoms. The molecule has 0 spiro atoms. The number of hydrogen-bond acceptors (Lipinski definition) is 5. The van der Waals surface area contributed by atoms with Gasteiger partial charge in [0.1, 0.15) is 10.8 Å². The van der Waals surface area contributed by atoms with E-state index in [1.165, 1.54) is 12.1 Å². The summed E-state index contributed by atoms with van der Waals surface area (Å²) in [5.74, 6) is -1.98. The molecule has 1 aromatic carbocycles. The van der Waals surface area contributed by atoms with Crippen LogP contribution in [0.15, 0.2) is 18.2 Å². The van der Waals surface area contributed by atoms with Crippen molar-refractivity contribution in [1.82, 2.24) is 0 Å². The second-order valence-electron chi connectivity index (χ2n) is 2.82. The molecule has 0 saturated heterocycles. The minimum absolute atomic E-state index is 0.0763. The zero-order valence-corrected chi connectivity index (χ0v) is 8.85. The fourth-order valence-corrected chi connectivity index (χ4v) is 1.06. The van der Waals surface area contributed by atoms with Gasteiger partial charge in [-0.1, -0.05) is 11.6 Å². The van der Waals surface area contributed by atoms with Crippen LogP contribution >= 0.6 is 11.6 Å². The highest BCUT2D eigenvalue weighted by molar-refractivity contribution is 6.33. The maximum absolute atomic E-state index is 10.9. The quantitative estimate of drug-likeness (QED) is 0.265. The van der Waals surface area contributed by atoms with E-state index in [9.17, 15) is 19.7 Å². The van der Waals surface area contributed by atoms with E-state index < -0.39 is 22.4 Å². The van der Waals surface area contributed by atoms with Gasteiger partial charge in [0, 0.05) is 6.92 Å². The van der Waals surface area contributed by atoms with Gasteiger partial charge in [-0.3, -0.25) is 14.9 Å². The van der Waals surface area contributed by atoms with Crippen LogP contribution in [-0.2, 0) is 9.59 Å². The summed E-state index contributed by atoms with van der Waals surface area (Å²) in [6, 6.07) is 3.45. The lowest BCUT2D eigenvalue weighted by molar-refractivity contribution is -0.384. The first kappa shape index (κ1) is 12.1. The third-order valence-electron chi connectivity index (χ3n) is 1.61. The average molecular weight is 244 g/mol. The van der Waals surface area contributed by atoms with Crippen molar-refractivity contribution in [2.75, 3.05) is 0 Å². The molecule has 0 aliphatic heterocycles. The number of ketones is 1. The van der Waals surface area contributed by atoms with Crippen LogP contribution in [0.4, 0.5) is 5.69 Å². The lowest BCUT2D eigenvalue weighted by Gasteiger charge is -2.02. The number of halogens is 1. The van der Waals surface area contributed by atoms with Crippen molar-refractivity contribution < 1.29 is 19.2 Å². The van der Waals surface area contributed by atoms with Gasteiger partial charge in [0.2, 0.25) is 5.78 Å². The molecular formula is C9H6ClNO5. The number of nitrogens with zero attached hydrogens (tertiary/aromatic N) is 1. The minimum atomic E-state index is -1.09. The fraction of sp³-hybridized carbons (Fsp3) is 0.111. The second kappa shape index (κ2) is 4.71. The predicted molar refractivity (Wildman–Crippen MR) is 54.4 cm³/mol. The summed E-state index contributed by atoms with van der Waals surface area (Å²) in [6.45, 7) is 1.03. The molecule has 0 amide bonds. The molecule has 0 saturated carbocycles. The topological polar surface area (TPSA) is 86.5 Å². The normalized spacial score (nSPS) is 9.62. The Labute approximate surface area is 94.9 Å². The van der Waals surface area contributed by atoms with Crippen LogP contribution in [0.1, 0.15) is 6.92 Å². The molecule has 1 aromatic rings. The molecule has 0 radical (unpaired) electrons. The molecule has 7 heteroatoms. The fourth-order valence-electron chi connectivity index (χ4n) is 0.875. The number of nitro groups is 1. The van der Waals surface area contributed by atoms with E-state index in [-0.39, 0.29) is 10.8 Å². The van der Waals surface area contributed by atoms with Crippen molar-refractivity contribution in [3.63, 3.8) is 0 Å². The number of hydrogen-bond donors (Lipinski definition) is 0. The van der Waals surface area contributed by atoms with Gasteiger partial charge < -0.3 is 4.74 Å². The first-order valence-electron chi connectivity index (χ1n) is 4.08. The van der Waals surface area contributed by atoms with Gasteiger partial charge in [0.25, 0.3) is 5.69 Å². The number of carbonyl (C=O) groups is 2. The van der Waals surface area contributed by atoms with Crippen molar-refractivity contribution in [3.05, 3.63) is 33.3 Å². The minimum Gasteiger partial charge on any atom is -0.421 e. The van der Waals surface area contributed by atoms with Crippen molar-refractivity contribution in [2.45, 2.75) is 6.92 Å². The highest BCUT2D eigenvalue weighted by Crippen LogP contribution is 2.28. The van der Waals surface area contributed by atoms with E-state index in [1.807, 2.05) is 0 Å². The molecule has 0 unspecified atom stereocenters. The number of rotatable bonds is 3. The van der Waals surface area contributed by atoms with E-state index in [2.05, 4.69) is 4.74 Å². The molecule has 0 aromatic heterocycles. The molecule has 0 aliphatic carbocycles. The first-order chi connectivity index (χ1) is 7.41. The van der Waals surface area contributed by atoms with E-state index in [4.69, 9.17) is 11.6 Å². The number of ether oxygens (including phenoxy) is 1. The molecule has 0 N–H and O–H groups in total. The lowest BCUT2D eigenvalue weighted by Crippen LogP contribution is -2.16. The summed E-state index contributed by atoms with van der Waals surface area (Å²) in [5, 5.41) is 10.4. The number of carbonyl (C=O) groups excluding carboxylic acids is 2. The van der Waals surface area contributed by atoms with Crippen LogP contribution in [-0.4, -0.2) is 16.7 Å². The molecule has 6 nitrogen and oxygen atoms in total. The number of esters is 1. The maximum atomic E-state index is 10.9. The number of Topliss-reactive ketones (excluding diaryl/α,β-unsaturated/α-hetero) is 1. The van der Waals surface area contributed by atoms with Crippen LogP contribution in [0.5, 0.6) is 5.75 Å². The smallest absolute Gasteiger partial charge is 0.379 e. The molecule has 1 rings (SSSR count). The molecule has 0 atom stereocenters. The number of benzene rings is 1. The predicted octanol–water partition coefficient (Wildman–Crippen LogP) is 1.74. The Hall–Kier alpha value is -1.95. The molecule has 0 bridgehead atoms. The van der Waals surface area contributed by atoms with Crippen molar-refractivity contribution in [3.8, 4) is 5.75 Å². The van der Waals surface area contributed by atoms with Gasteiger partial charge in [-0.05, 0) is 12.1 Å². The molecular weight excluding hydrogens is 238 g/mol. The average Bonchev–Trinajstić information content (AvgIpc) is 2.20. The van der Waals surface area contributed by atoms with Gasteiger partial charge >= 0.3 is 5.97 Å². The van der Waals surface area contributed by atoms with E-state index in [1.54, 1.807) is 0 Å². The Bertz CT molecular complexity index is 471. The van der Waals surface area contributed by atoms with E-state index >= 15 is 0 Å². The second-order valence-corrected chi connectivity index (χ2v) is 3.22. The first-order valence-corrected chi connectivity index (χ1v) is 4.46. The lowest BCUT2D eigenvalue weighted by atomic mass is 10.3. The Kier molecular flexibility index (Phi) is 3.57. The maximum Gasteiger partial charge on any atom is 0.379 e. The van der Waals surface area contributed by atoms with E-state index in [0.29, 0.717) is 0 Å². The van der Waals surface area contributed by atoms with Crippen molar-refractivity contribution >= 4 is 29.0 Å². The van der Waals surface area contributed by atoms with Crippen LogP contribution in [0.2, 0.25) is 5.02 Å². The van der Waals surface area contributed by atoms with Gasteiger partial charge in [-0.15, -0.1) is 0 Å². The van der Waals surface area contributed by atoms with Gasteiger partial charge in [0.15, 0.2) is 0 Å². The Morgan fingerprint density at radius 2 is 2.06 bits per heavy atom. The van der Waals surface area contributed by atoms with Gasteiger partial charge in [-0.25, -0.2) is 4.79 Å². The van der Waals surface area contributed by atoms with Crippen LogP contribution in [0.3, 0.4) is 0 Å². The summed E-state index contributed by atoms with van der Waals surface area (Å²) in [7, 11) is 0. The van der Waals surface area contributed by atoms with Crippen LogP contribution < -0.4 is 4.74 Å². The summed E-state index contributed by atoms with van der Waals surface area (Å²) in [6.07, 6.45) is 0. The SMILES string of the molecule is CC(=O)C(=O)Oc1ccc(Cl)c([N+](=O)[O-])c1. The zero-order chi connectivity index (χ0) is 12.3. The summed E-state index contributed by atoms with van der Waals surface area (Å²) < 4.78 is 4.57. The third kappa shape index (κ3) is 2.77. The standard InChI is InChI=1S/C9H6ClNO5/c1-5(12)9(13)16-6-2-3-7(10)8(4-6)11(14)15/h2-4H,1H3. The molecule has 84 valence electrons. The van der Waals surface area contributed by atoms with Crippen LogP contribution in [0, 0.1) is 10.1 Å². The van der Waals surface area contributed by atoms with Crippen molar-refractivity contribution in [1.29, 1.82) is 0 Å². The molecule has 0 heterocycles. The molecule has 0 fully saturated rings. The highest BCUT2D eigenvalue weighted by atomic mass is 35.5. The Morgan fingerprint density at radius 3 is 2.56 bits per heavy atom. The third-order valence-corrected chi connectivity index (χ3v) is 1.93. The number of nitro benzene ring substituents is 1. The Morgan fingerprint density at radius 1 is 1.44 bits per heavy atom. The van der Waals surface area contributed by atoms with Crippen molar-refractivity contribution in [2.24, 2.45) is 0 Å². The summed E-state index contributed by atoms with van der Waals surface area (Å²) in [4.78, 5) is 31.3. The summed E-state index contributed by atoms with van der Waals surface area (Å²) in [5.41, 5.74) is -0.393. The highest BCUT2D eigenvalue weighted by Gasteiger charge is 2.16.